The molecule has 24 heavy (non-hydrogen) atoms. The minimum Gasteiger partial charge on any atom is -0.353 e. The van der Waals surface area contributed by atoms with Crippen molar-refractivity contribution >= 4 is 11.8 Å². The van der Waals surface area contributed by atoms with Crippen LogP contribution in [0.1, 0.15) is 55.3 Å². The van der Waals surface area contributed by atoms with Crippen LogP contribution in [-0.2, 0) is 4.79 Å². The maximum Gasteiger partial charge on any atom is 0.253 e. The Morgan fingerprint density at radius 3 is 2.42 bits per heavy atom. The predicted octanol–water partition coefficient (Wildman–Crippen LogP) is 3.13. The minimum absolute atomic E-state index is 0.0107. The summed E-state index contributed by atoms with van der Waals surface area (Å²) in [7, 11) is 0. The summed E-state index contributed by atoms with van der Waals surface area (Å²) in [6.45, 7) is 1.11. The fourth-order valence-electron chi connectivity index (χ4n) is 3.71. The molecule has 0 unspecified atom stereocenters. The summed E-state index contributed by atoms with van der Waals surface area (Å²) in [6.07, 6.45) is 7.20. The minimum atomic E-state index is -0.400. The number of hydrogen-bond acceptors (Lipinski definition) is 2. The SMILES string of the molecule is O=C(NC1CCCCC1)C1CCN(C(=O)c2cccc(F)c2)CC1. The number of amides is 2. The molecule has 1 aliphatic heterocycles. The number of carbonyl (C=O) groups excluding carboxylic acids is 2. The summed E-state index contributed by atoms with van der Waals surface area (Å²) in [5, 5.41) is 3.18. The van der Waals surface area contributed by atoms with Crippen molar-refractivity contribution in [2.24, 2.45) is 5.92 Å². The Bertz CT molecular complexity index is 591. The molecule has 0 bridgehead atoms. The Balaban J connectivity index is 1.50. The summed E-state index contributed by atoms with van der Waals surface area (Å²) < 4.78 is 13.3. The number of rotatable bonds is 3. The van der Waals surface area contributed by atoms with Crippen molar-refractivity contribution in [3.63, 3.8) is 0 Å². The zero-order valence-electron chi connectivity index (χ0n) is 14.0. The first-order valence-corrected chi connectivity index (χ1v) is 8.99. The number of halogens is 1. The van der Waals surface area contributed by atoms with E-state index in [0.717, 1.165) is 12.8 Å². The van der Waals surface area contributed by atoms with Gasteiger partial charge in [-0.05, 0) is 43.9 Å². The van der Waals surface area contributed by atoms with E-state index in [-0.39, 0.29) is 17.7 Å². The monoisotopic (exact) mass is 332 g/mol. The highest BCUT2D eigenvalue weighted by Gasteiger charge is 2.29. The molecule has 3 rings (SSSR count). The van der Waals surface area contributed by atoms with Gasteiger partial charge in [-0.3, -0.25) is 9.59 Å². The quantitative estimate of drug-likeness (QED) is 0.924. The van der Waals surface area contributed by atoms with Gasteiger partial charge >= 0.3 is 0 Å². The van der Waals surface area contributed by atoms with E-state index in [1.54, 1.807) is 17.0 Å². The fourth-order valence-corrected chi connectivity index (χ4v) is 3.71. The van der Waals surface area contributed by atoms with Crippen LogP contribution in [0.5, 0.6) is 0 Å². The topological polar surface area (TPSA) is 49.4 Å². The molecule has 0 spiro atoms. The lowest BCUT2D eigenvalue weighted by molar-refractivity contribution is -0.127. The highest BCUT2D eigenvalue weighted by Crippen LogP contribution is 2.22. The molecule has 130 valence electrons. The van der Waals surface area contributed by atoms with Gasteiger partial charge in [0.05, 0.1) is 0 Å². The average Bonchev–Trinajstić information content (AvgIpc) is 2.62. The highest BCUT2D eigenvalue weighted by atomic mass is 19.1. The summed E-state index contributed by atoms with van der Waals surface area (Å²) >= 11 is 0. The molecule has 0 aromatic heterocycles. The van der Waals surface area contributed by atoms with Crippen molar-refractivity contribution in [3.8, 4) is 0 Å². The number of nitrogens with one attached hydrogen (secondary N) is 1. The molecule has 0 atom stereocenters. The largest absolute Gasteiger partial charge is 0.353 e. The van der Waals surface area contributed by atoms with Crippen LogP contribution in [0.15, 0.2) is 24.3 Å². The molecule has 1 aliphatic carbocycles. The number of piperidine rings is 1. The second-order valence-corrected chi connectivity index (χ2v) is 6.92. The zero-order chi connectivity index (χ0) is 16.9. The van der Waals surface area contributed by atoms with Crippen molar-refractivity contribution in [1.29, 1.82) is 0 Å². The summed E-state index contributed by atoms with van der Waals surface area (Å²) in [4.78, 5) is 26.5. The molecule has 2 aliphatic rings. The van der Waals surface area contributed by atoms with E-state index in [4.69, 9.17) is 0 Å². The van der Waals surface area contributed by atoms with E-state index in [2.05, 4.69) is 5.32 Å². The normalized spacial score (nSPS) is 20.0. The van der Waals surface area contributed by atoms with Crippen LogP contribution in [0.2, 0.25) is 0 Å². The van der Waals surface area contributed by atoms with Crippen LogP contribution in [0.4, 0.5) is 4.39 Å². The van der Waals surface area contributed by atoms with E-state index in [1.807, 2.05) is 0 Å². The second kappa shape index (κ2) is 7.77. The van der Waals surface area contributed by atoms with E-state index in [9.17, 15) is 14.0 Å². The first-order chi connectivity index (χ1) is 11.6. The van der Waals surface area contributed by atoms with E-state index < -0.39 is 5.82 Å². The van der Waals surface area contributed by atoms with Crippen LogP contribution < -0.4 is 5.32 Å². The van der Waals surface area contributed by atoms with Crippen molar-refractivity contribution in [3.05, 3.63) is 35.6 Å². The predicted molar refractivity (Wildman–Crippen MR) is 90.0 cm³/mol. The number of nitrogens with zero attached hydrogens (tertiary/aromatic N) is 1. The first-order valence-electron chi connectivity index (χ1n) is 8.99. The molecule has 1 aromatic rings. The third kappa shape index (κ3) is 4.13. The Kier molecular flexibility index (Phi) is 5.48. The number of likely N-dealkylation sites (tertiary alicyclic amines) is 1. The van der Waals surface area contributed by atoms with Gasteiger partial charge in [0.25, 0.3) is 5.91 Å². The first kappa shape index (κ1) is 16.9. The van der Waals surface area contributed by atoms with Gasteiger partial charge < -0.3 is 10.2 Å². The molecule has 1 saturated heterocycles. The van der Waals surface area contributed by atoms with Gasteiger partial charge in [-0.15, -0.1) is 0 Å². The standard InChI is InChI=1S/C19H25FN2O2/c20-16-6-4-5-15(13-16)19(24)22-11-9-14(10-12-22)18(23)21-17-7-2-1-3-8-17/h4-6,13-14,17H,1-3,7-12H2,(H,21,23). The van der Waals surface area contributed by atoms with Gasteiger partial charge in [0.2, 0.25) is 5.91 Å². The molecule has 0 radical (unpaired) electrons. The van der Waals surface area contributed by atoms with Crippen molar-refractivity contribution in [1.82, 2.24) is 10.2 Å². The van der Waals surface area contributed by atoms with Gasteiger partial charge in [0.1, 0.15) is 5.82 Å². The van der Waals surface area contributed by atoms with Crippen LogP contribution in [0.3, 0.4) is 0 Å². The lowest BCUT2D eigenvalue weighted by atomic mass is 9.92. The number of hydrogen-bond donors (Lipinski definition) is 1. The fraction of sp³-hybridized carbons (Fsp3) is 0.579. The van der Waals surface area contributed by atoms with E-state index >= 15 is 0 Å². The lowest BCUT2D eigenvalue weighted by Crippen LogP contribution is -2.45. The third-order valence-electron chi connectivity index (χ3n) is 5.18. The van der Waals surface area contributed by atoms with Crippen LogP contribution in [0.25, 0.3) is 0 Å². The van der Waals surface area contributed by atoms with E-state index in [1.165, 1.54) is 31.4 Å². The molecule has 1 saturated carbocycles. The second-order valence-electron chi connectivity index (χ2n) is 6.92. The third-order valence-corrected chi connectivity index (χ3v) is 5.18. The lowest BCUT2D eigenvalue weighted by Gasteiger charge is -2.33. The van der Waals surface area contributed by atoms with Gasteiger partial charge in [0.15, 0.2) is 0 Å². The zero-order valence-corrected chi connectivity index (χ0v) is 14.0. The van der Waals surface area contributed by atoms with Crippen LogP contribution in [0, 0.1) is 11.7 Å². The van der Waals surface area contributed by atoms with E-state index in [0.29, 0.717) is 37.5 Å². The Morgan fingerprint density at radius 2 is 1.75 bits per heavy atom. The van der Waals surface area contributed by atoms with Crippen molar-refractivity contribution in [2.75, 3.05) is 13.1 Å². The van der Waals surface area contributed by atoms with Gasteiger partial charge in [0, 0.05) is 30.6 Å². The van der Waals surface area contributed by atoms with Gasteiger partial charge in [-0.2, -0.15) is 0 Å². The Labute approximate surface area is 142 Å². The maximum absolute atomic E-state index is 13.3. The number of carbonyl (C=O) groups is 2. The molecular weight excluding hydrogens is 307 g/mol. The molecule has 5 heteroatoms. The van der Waals surface area contributed by atoms with Crippen molar-refractivity contribution in [2.45, 2.75) is 51.0 Å². The molecule has 2 fully saturated rings. The summed E-state index contributed by atoms with van der Waals surface area (Å²) in [5.41, 5.74) is 0.375. The number of benzene rings is 1. The van der Waals surface area contributed by atoms with Gasteiger partial charge in [-0.25, -0.2) is 4.39 Å². The summed E-state index contributed by atoms with van der Waals surface area (Å²) in [5.74, 6) is -0.425. The maximum atomic E-state index is 13.3. The molecule has 1 N–H and O–H groups in total. The average molecular weight is 332 g/mol. The van der Waals surface area contributed by atoms with Gasteiger partial charge in [-0.1, -0.05) is 25.3 Å². The van der Waals surface area contributed by atoms with Crippen LogP contribution >= 0.6 is 0 Å². The molecule has 1 aromatic carbocycles. The Morgan fingerprint density at radius 1 is 1.04 bits per heavy atom. The smallest absolute Gasteiger partial charge is 0.253 e. The molecule has 1 heterocycles. The van der Waals surface area contributed by atoms with Crippen LogP contribution in [-0.4, -0.2) is 35.8 Å². The highest BCUT2D eigenvalue weighted by molar-refractivity contribution is 5.94. The van der Waals surface area contributed by atoms with Crippen molar-refractivity contribution < 1.29 is 14.0 Å². The Hall–Kier alpha value is -1.91. The molecule has 2 amide bonds. The molecule has 4 nitrogen and oxygen atoms in total. The molecular formula is C19H25FN2O2. The summed E-state index contributed by atoms with van der Waals surface area (Å²) in [6, 6.07) is 6.11.